The van der Waals surface area contributed by atoms with Crippen LogP contribution in [0.15, 0.2) is 23.8 Å². The molecule has 2 heterocycles. The zero-order chi connectivity index (χ0) is 13.0. The molecule has 0 saturated heterocycles. The van der Waals surface area contributed by atoms with Gasteiger partial charge >= 0.3 is 0 Å². The minimum atomic E-state index is 0.410. The van der Waals surface area contributed by atoms with Gasteiger partial charge in [-0.25, -0.2) is 4.98 Å². The van der Waals surface area contributed by atoms with Gasteiger partial charge in [-0.05, 0) is 32.5 Å². The Hall–Kier alpha value is -1.13. The molecule has 2 aromatic rings. The Balaban J connectivity index is 2.02. The second-order valence-corrected chi connectivity index (χ2v) is 5.46. The van der Waals surface area contributed by atoms with Crippen LogP contribution in [0.1, 0.15) is 36.2 Å². The highest BCUT2D eigenvalue weighted by molar-refractivity contribution is 7.09. The lowest BCUT2D eigenvalue weighted by Crippen LogP contribution is -2.21. The molecule has 18 heavy (non-hydrogen) atoms. The number of rotatable bonds is 6. The molecule has 1 N–H and O–H groups in total. The molecule has 2 aromatic heterocycles. The summed E-state index contributed by atoms with van der Waals surface area (Å²) >= 11 is 1.76. The Labute approximate surface area is 113 Å². The summed E-state index contributed by atoms with van der Waals surface area (Å²) in [4.78, 5) is 5.69. The van der Waals surface area contributed by atoms with Gasteiger partial charge in [0.25, 0.3) is 0 Å². The molecule has 0 aliphatic heterocycles. The molecule has 0 aliphatic rings. The molecular weight excluding hydrogens is 242 g/mol. The van der Waals surface area contributed by atoms with Crippen molar-refractivity contribution in [2.24, 2.45) is 0 Å². The summed E-state index contributed by atoms with van der Waals surface area (Å²) in [6.07, 6.45) is 3.23. The Morgan fingerprint density at radius 3 is 3.00 bits per heavy atom. The third-order valence-electron chi connectivity index (χ3n) is 3.24. The zero-order valence-electron chi connectivity index (χ0n) is 11.3. The smallest absolute Gasteiger partial charge is 0.0797 e. The van der Waals surface area contributed by atoms with Crippen LogP contribution in [0.5, 0.6) is 0 Å². The molecule has 1 unspecified atom stereocenters. The SMILES string of the molecule is CCNC(C)c1cccn1CCc1scnc1C. The van der Waals surface area contributed by atoms with E-state index in [4.69, 9.17) is 0 Å². The molecule has 3 nitrogen and oxygen atoms in total. The highest BCUT2D eigenvalue weighted by Crippen LogP contribution is 2.17. The summed E-state index contributed by atoms with van der Waals surface area (Å²) in [6.45, 7) is 8.48. The van der Waals surface area contributed by atoms with Crippen LogP contribution in [0, 0.1) is 6.92 Å². The first-order valence-electron chi connectivity index (χ1n) is 6.49. The number of hydrogen-bond donors (Lipinski definition) is 1. The third kappa shape index (κ3) is 3.00. The van der Waals surface area contributed by atoms with Crippen LogP contribution in [-0.4, -0.2) is 16.1 Å². The van der Waals surface area contributed by atoms with Crippen LogP contribution in [-0.2, 0) is 13.0 Å². The van der Waals surface area contributed by atoms with Gasteiger partial charge in [-0.2, -0.15) is 0 Å². The van der Waals surface area contributed by atoms with E-state index in [9.17, 15) is 0 Å². The monoisotopic (exact) mass is 263 g/mol. The van der Waals surface area contributed by atoms with E-state index in [1.807, 2.05) is 5.51 Å². The van der Waals surface area contributed by atoms with Crippen molar-refractivity contribution < 1.29 is 0 Å². The minimum absolute atomic E-state index is 0.410. The number of nitrogens with zero attached hydrogens (tertiary/aromatic N) is 2. The molecule has 0 amide bonds. The first kappa shape index (κ1) is 13.3. The van der Waals surface area contributed by atoms with Gasteiger partial charge in [-0.1, -0.05) is 6.92 Å². The number of aryl methyl sites for hydroxylation is 3. The van der Waals surface area contributed by atoms with Crippen molar-refractivity contribution in [2.75, 3.05) is 6.54 Å². The lowest BCUT2D eigenvalue weighted by molar-refractivity contribution is 0.540. The van der Waals surface area contributed by atoms with Gasteiger partial charge in [0.05, 0.1) is 11.2 Å². The second-order valence-electron chi connectivity index (χ2n) is 4.52. The average Bonchev–Trinajstić information content (AvgIpc) is 2.95. The van der Waals surface area contributed by atoms with Gasteiger partial charge in [0.1, 0.15) is 0 Å². The first-order chi connectivity index (χ1) is 8.72. The van der Waals surface area contributed by atoms with E-state index in [1.54, 1.807) is 11.3 Å². The number of aromatic nitrogens is 2. The van der Waals surface area contributed by atoms with Crippen LogP contribution >= 0.6 is 11.3 Å². The van der Waals surface area contributed by atoms with Crippen molar-refractivity contribution in [1.82, 2.24) is 14.9 Å². The van der Waals surface area contributed by atoms with Crippen molar-refractivity contribution in [2.45, 2.75) is 39.8 Å². The molecule has 0 spiro atoms. The predicted octanol–water partition coefficient (Wildman–Crippen LogP) is 3.17. The van der Waals surface area contributed by atoms with Crippen LogP contribution < -0.4 is 5.32 Å². The van der Waals surface area contributed by atoms with Gasteiger partial charge < -0.3 is 9.88 Å². The van der Waals surface area contributed by atoms with Crippen molar-refractivity contribution in [3.8, 4) is 0 Å². The highest BCUT2D eigenvalue weighted by Gasteiger charge is 2.09. The van der Waals surface area contributed by atoms with Crippen LogP contribution in [0.25, 0.3) is 0 Å². The molecule has 2 rings (SSSR count). The fraction of sp³-hybridized carbons (Fsp3) is 0.500. The van der Waals surface area contributed by atoms with Gasteiger partial charge in [-0.15, -0.1) is 11.3 Å². The molecule has 0 aromatic carbocycles. The molecule has 0 aliphatic carbocycles. The van der Waals surface area contributed by atoms with E-state index in [1.165, 1.54) is 16.3 Å². The average molecular weight is 263 g/mol. The van der Waals surface area contributed by atoms with Crippen molar-refractivity contribution in [3.63, 3.8) is 0 Å². The maximum absolute atomic E-state index is 4.30. The van der Waals surface area contributed by atoms with Gasteiger partial charge in [-0.3, -0.25) is 0 Å². The van der Waals surface area contributed by atoms with E-state index < -0.39 is 0 Å². The molecule has 0 fully saturated rings. The lowest BCUT2D eigenvalue weighted by Gasteiger charge is -2.16. The number of nitrogens with one attached hydrogen (secondary N) is 1. The van der Waals surface area contributed by atoms with E-state index >= 15 is 0 Å². The summed E-state index contributed by atoms with van der Waals surface area (Å²) in [7, 11) is 0. The maximum Gasteiger partial charge on any atom is 0.0797 e. The fourth-order valence-corrected chi connectivity index (χ4v) is 2.99. The maximum atomic E-state index is 4.30. The van der Waals surface area contributed by atoms with Gasteiger partial charge in [0, 0.05) is 35.8 Å². The predicted molar refractivity (Wildman–Crippen MR) is 77.1 cm³/mol. The highest BCUT2D eigenvalue weighted by atomic mass is 32.1. The van der Waals surface area contributed by atoms with E-state index in [0.717, 1.165) is 19.5 Å². The summed E-state index contributed by atoms with van der Waals surface area (Å²) in [5.41, 5.74) is 4.47. The van der Waals surface area contributed by atoms with Crippen LogP contribution in [0.3, 0.4) is 0 Å². The molecule has 0 saturated carbocycles. The van der Waals surface area contributed by atoms with Gasteiger partial charge in [0.15, 0.2) is 0 Å². The topological polar surface area (TPSA) is 29.9 Å². The second kappa shape index (κ2) is 6.16. The van der Waals surface area contributed by atoms with E-state index in [2.05, 4.69) is 54.0 Å². The van der Waals surface area contributed by atoms with Crippen molar-refractivity contribution >= 4 is 11.3 Å². The summed E-state index contributed by atoms with van der Waals surface area (Å²) in [5, 5.41) is 3.46. The summed E-state index contributed by atoms with van der Waals surface area (Å²) in [6, 6.07) is 4.74. The first-order valence-corrected chi connectivity index (χ1v) is 7.37. The molecule has 1 atom stereocenters. The molecule has 98 valence electrons. The summed E-state index contributed by atoms with van der Waals surface area (Å²) < 4.78 is 2.34. The molecule has 0 radical (unpaired) electrons. The third-order valence-corrected chi connectivity index (χ3v) is 4.24. The Morgan fingerprint density at radius 1 is 1.50 bits per heavy atom. The Morgan fingerprint density at radius 2 is 2.33 bits per heavy atom. The van der Waals surface area contributed by atoms with E-state index in [-0.39, 0.29) is 0 Å². The van der Waals surface area contributed by atoms with Gasteiger partial charge in [0.2, 0.25) is 0 Å². The molecular formula is C14H21N3S. The van der Waals surface area contributed by atoms with Crippen LogP contribution in [0.4, 0.5) is 0 Å². The lowest BCUT2D eigenvalue weighted by atomic mass is 10.2. The standard InChI is InChI=1S/C14H21N3S/c1-4-15-11(2)13-6-5-8-17(13)9-7-14-12(3)16-10-18-14/h5-6,8,10-11,15H,4,7,9H2,1-3H3. The van der Waals surface area contributed by atoms with Crippen molar-refractivity contribution in [1.29, 1.82) is 0 Å². The molecule has 0 bridgehead atoms. The Bertz CT molecular complexity index is 487. The van der Waals surface area contributed by atoms with Crippen molar-refractivity contribution in [3.05, 3.63) is 40.1 Å². The zero-order valence-corrected chi connectivity index (χ0v) is 12.1. The number of hydrogen-bond acceptors (Lipinski definition) is 3. The fourth-order valence-electron chi connectivity index (χ4n) is 2.22. The Kier molecular flexibility index (Phi) is 4.55. The summed E-state index contributed by atoms with van der Waals surface area (Å²) in [5.74, 6) is 0. The van der Waals surface area contributed by atoms with E-state index in [0.29, 0.717) is 6.04 Å². The molecule has 4 heteroatoms. The number of thiazole rings is 1. The normalized spacial score (nSPS) is 12.8. The van der Waals surface area contributed by atoms with Crippen LogP contribution in [0.2, 0.25) is 0 Å². The largest absolute Gasteiger partial charge is 0.350 e. The minimum Gasteiger partial charge on any atom is -0.350 e. The quantitative estimate of drug-likeness (QED) is 0.867.